The van der Waals surface area contributed by atoms with Crippen molar-refractivity contribution < 1.29 is 12.8 Å². The lowest BCUT2D eigenvalue weighted by Gasteiger charge is -2.12. The van der Waals surface area contributed by atoms with Crippen LogP contribution in [-0.4, -0.2) is 19.8 Å². The van der Waals surface area contributed by atoms with E-state index in [0.717, 1.165) is 17.5 Å². The molecule has 0 fully saturated rings. The molecule has 0 aliphatic carbocycles. The number of sulfonamides is 1. The quantitative estimate of drug-likeness (QED) is 0.848. The van der Waals surface area contributed by atoms with E-state index in [2.05, 4.69) is 20.7 Å². The van der Waals surface area contributed by atoms with Crippen molar-refractivity contribution in [2.24, 2.45) is 0 Å². The number of halogens is 2. The molecule has 0 aliphatic rings. The Bertz CT molecular complexity index is 433. The van der Waals surface area contributed by atoms with Crippen molar-refractivity contribution in [1.29, 1.82) is 0 Å². The summed E-state index contributed by atoms with van der Waals surface area (Å²) in [6.07, 6.45) is 0.695. The molecule has 6 heteroatoms. The van der Waals surface area contributed by atoms with Crippen LogP contribution in [-0.2, 0) is 10.0 Å². The molecule has 16 heavy (non-hydrogen) atoms. The summed E-state index contributed by atoms with van der Waals surface area (Å²) in [7, 11) is -3.54. The molecular formula is C10H13BrFNO2S. The van der Waals surface area contributed by atoms with Gasteiger partial charge in [0.2, 0.25) is 10.0 Å². The molecule has 0 spiro atoms. The van der Waals surface area contributed by atoms with Crippen molar-refractivity contribution in [3.8, 4) is 0 Å². The molecule has 90 valence electrons. The molecule has 1 rings (SSSR count). The number of alkyl halides is 1. The first kappa shape index (κ1) is 13.6. The number of benzene rings is 1. The van der Waals surface area contributed by atoms with Gasteiger partial charge < -0.3 is 0 Å². The second kappa shape index (κ2) is 5.75. The Labute approximate surface area is 103 Å². The van der Waals surface area contributed by atoms with E-state index in [0.29, 0.717) is 6.42 Å². The summed E-state index contributed by atoms with van der Waals surface area (Å²) in [5, 5.41) is 0.722. The van der Waals surface area contributed by atoms with E-state index in [9.17, 15) is 12.8 Å². The normalized spacial score (nSPS) is 13.7. The lowest BCUT2D eigenvalue weighted by Crippen LogP contribution is -2.32. The summed E-state index contributed by atoms with van der Waals surface area (Å²) in [6, 6.07) is 4.60. The smallest absolute Gasteiger partial charge is 0.208 e. The number of hydrogen-bond donors (Lipinski definition) is 1. The fourth-order valence-electron chi connectivity index (χ4n) is 1.17. The van der Waals surface area contributed by atoms with Crippen LogP contribution in [0.2, 0.25) is 0 Å². The van der Waals surface area contributed by atoms with Gasteiger partial charge in [-0.1, -0.05) is 15.9 Å². The fourth-order valence-corrected chi connectivity index (χ4v) is 3.13. The summed E-state index contributed by atoms with van der Waals surface area (Å²) in [5.74, 6) is -0.451. The van der Waals surface area contributed by atoms with Crippen molar-refractivity contribution in [2.75, 3.05) is 5.33 Å². The maximum Gasteiger partial charge on any atom is 0.240 e. The van der Waals surface area contributed by atoms with Gasteiger partial charge >= 0.3 is 0 Å². The summed E-state index contributed by atoms with van der Waals surface area (Å²) in [5.41, 5.74) is 0. The van der Waals surface area contributed by atoms with Crippen LogP contribution in [0.25, 0.3) is 0 Å². The summed E-state index contributed by atoms with van der Waals surface area (Å²) in [6.45, 7) is 1.78. The Balaban J connectivity index is 2.82. The van der Waals surface area contributed by atoms with E-state index >= 15 is 0 Å². The Hall–Kier alpha value is -0.460. The first-order chi connectivity index (χ1) is 7.45. The van der Waals surface area contributed by atoms with E-state index in [1.165, 1.54) is 12.1 Å². The van der Waals surface area contributed by atoms with Gasteiger partial charge in [-0.15, -0.1) is 0 Å². The minimum Gasteiger partial charge on any atom is -0.208 e. The van der Waals surface area contributed by atoms with Crippen LogP contribution in [0.3, 0.4) is 0 Å². The molecule has 1 aromatic rings. The summed E-state index contributed by atoms with van der Waals surface area (Å²) in [4.78, 5) is 0.0790. The lowest BCUT2D eigenvalue weighted by molar-refractivity contribution is 0.557. The first-order valence-electron chi connectivity index (χ1n) is 4.79. The Morgan fingerprint density at radius 3 is 2.44 bits per heavy atom. The van der Waals surface area contributed by atoms with E-state index < -0.39 is 15.8 Å². The van der Waals surface area contributed by atoms with Gasteiger partial charge in [0.1, 0.15) is 5.82 Å². The average molecular weight is 310 g/mol. The zero-order chi connectivity index (χ0) is 12.2. The second-order valence-corrected chi connectivity index (χ2v) is 5.96. The predicted octanol–water partition coefficient (Wildman–Crippen LogP) is 2.28. The molecule has 0 saturated carbocycles. The zero-order valence-corrected chi connectivity index (χ0v) is 11.2. The van der Waals surface area contributed by atoms with Crippen LogP contribution in [0.1, 0.15) is 13.3 Å². The van der Waals surface area contributed by atoms with Crippen molar-refractivity contribution in [1.82, 2.24) is 4.72 Å². The molecule has 0 bridgehead atoms. The second-order valence-electron chi connectivity index (χ2n) is 3.45. The highest BCUT2D eigenvalue weighted by Gasteiger charge is 2.16. The maximum atomic E-state index is 12.6. The van der Waals surface area contributed by atoms with Crippen LogP contribution in [0, 0.1) is 5.82 Å². The van der Waals surface area contributed by atoms with Crippen LogP contribution < -0.4 is 4.72 Å². The van der Waals surface area contributed by atoms with Crippen LogP contribution >= 0.6 is 15.9 Å². The van der Waals surface area contributed by atoms with Crippen LogP contribution in [0.4, 0.5) is 4.39 Å². The monoisotopic (exact) mass is 309 g/mol. The van der Waals surface area contributed by atoms with Crippen molar-refractivity contribution >= 4 is 26.0 Å². The fraction of sp³-hybridized carbons (Fsp3) is 0.400. The predicted molar refractivity (Wildman–Crippen MR) is 64.6 cm³/mol. The molecule has 0 aromatic heterocycles. The van der Waals surface area contributed by atoms with E-state index in [1.807, 2.05) is 0 Å². The van der Waals surface area contributed by atoms with Crippen molar-refractivity contribution in [3.05, 3.63) is 30.1 Å². The number of hydrogen-bond acceptors (Lipinski definition) is 2. The standard InChI is InChI=1S/C10H13BrFNO2S/c1-8(6-7-11)13-16(14,15)10-4-2-9(12)3-5-10/h2-5,8,13H,6-7H2,1H3. The third-order valence-corrected chi connectivity index (χ3v) is 4.09. The maximum absolute atomic E-state index is 12.6. The van der Waals surface area contributed by atoms with Gasteiger partial charge in [-0.25, -0.2) is 17.5 Å². The van der Waals surface area contributed by atoms with E-state index in [1.54, 1.807) is 6.92 Å². The largest absolute Gasteiger partial charge is 0.240 e. The van der Waals surface area contributed by atoms with Crippen molar-refractivity contribution in [2.45, 2.75) is 24.3 Å². The Morgan fingerprint density at radius 2 is 1.94 bits per heavy atom. The van der Waals surface area contributed by atoms with Gasteiger partial charge in [0.15, 0.2) is 0 Å². The highest BCUT2D eigenvalue weighted by atomic mass is 79.9. The zero-order valence-electron chi connectivity index (χ0n) is 8.78. The van der Waals surface area contributed by atoms with Gasteiger partial charge in [-0.2, -0.15) is 0 Å². The SMILES string of the molecule is CC(CCBr)NS(=O)(=O)c1ccc(F)cc1. The third kappa shape index (κ3) is 3.84. The topological polar surface area (TPSA) is 46.2 Å². The highest BCUT2D eigenvalue weighted by molar-refractivity contribution is 9.09. The number of nitrogens with one attached hydrogen (secondary N) is 1. The van der Waals surface area contributed by atoms with Gasteiger partial charge in [-0.05, 0) is 37.6 Å². The van der Waals surface area contributed by atoms with Gasteiger partial charge in [0.05, 0.1) is 4.90 Å². The van der Waals surface area contributed by atoms with E-state index in [4.69, 9.17) is 0 Å². The molecule has 1 atom stereocenters. The van der Waals surface area contributed by atoms with Gasteiger partial charge in [-0.3, -0.25) is 0 Å². The lowest BCUT2D eigenvalue weighted by atomic mass is 10.3. The first-order valence-corrected chi connectivity index (χ1v) is 7.40. The van der Waals surface area contributed by atoms with Crippen LogP contribution in [0.15, 0.2) is 29.2 Å². The molecule has 0 aliphatic heterocycles. The number of rotatable bonds is 5. The van der Waals surface area contributed by atoms with Gasteiger partial charge in [0.25, 0.3) is 0 Å². The minimum absolute atomic E-state index is 0.0790. The molecule has 1 N–H and O–H groups in total. The molecule has 0 heterocycles. The van der Waals surface area contributed by atoms with E-state index in [-0.39, 0.29) is 10.9 Å². The Morgan fingerprint density at radius 1 is 1.38 bits per heavy atom. The van der Waals surface area contributed by atoms with Crippen LogP contribution in [0.5, 0.6) is 0 Å². The molecular weight excluding hydrogens is 297 g/mol. The molecule has 3 nitrogen and oxygen atoms in total. The Kier molecular flexibility index (Phi) is 4.89. The average Bonchev–Trinajstić information content (AvgIpc) is 2.17. The molecule has 1 aromatic carbocycles. The summed E-state index contributed by atoms with van der Waals surface area (Å²) >= 11 is 3.24. The van der Waals surface area contributed by atoms with Crippen molar-refractivity contribution in [3.63, 3.8) is 0 Å². The molecule has 0 radical (unpaired) electrons. The molecule has 0 saturated heterocycles. The highest BCUT2D eigenvalue weighted by Crippen LogP contribution is 2.11. The molecule has 0 amide bonds. The molecule has 1 unspecified atom stereocenters. The van der Waals surface area contributed by atoms with Gasteiger partial charge in [0, 0.05) is 11.4 Å². The third-order valence-electron chi connectivity index (χ3n) is 2.02. The summed E-state index contributed by atoms with van der Waals surface area (Å²) < 4.78 is 38.7. The minimum atomic E-state index is -3.54.